The number of nitrogens with one attached hydrogen (secondary N) is 1. The van der Waals surface area contributed by atoms with Crippen molar-refractivity contribution >= 4 is 11.9 Å². The molecule has 0 radical (unpaired) electrons. The zero-order chi connectivity index (χ0) is 10.0. The molecule has 0 aromatic heterocycles. The maximum absolute atomic E-state index is 11.3. The molecule has 1 atom stereocenters. The van der Waals surface area contributed by atoms with Crippen molar-refractivity contribution in [3.63, 3.8) is 0 Å². The van der Waals surface area contributed by atoms with E-state index in [1.165, 1.54) is 0 Å². The van der Waals surface area contributed by atoms with E-state index in [4.69, 9.17) is 4.74 Å². The molecule has 0 spiro atoms. The highest BCUT2D eigenvalue weighted by Gasteiger charge is 2.32. The number of ether oxygens (including phenoxy) is 1. The van der Waals surface area contributed by atoms with E-state index in [9.17, 15) is 9.59 Å². The van der Waals surface area contributed by atoms with Gasteiger partial charge in [-0.15, -0.1) is 0 Å². The second-order valence-electron chi connectivity index (χ2n) is 2.97. The van der Waals surface area contributed by atoms with Crippen LogP contribution >= 0.6 is 0 Å². The minimum Gasteiger partial charge on any atom is -0.463 e. The van der Waals surface area contributed by atoms with Gasteiger partial charge in [-0.2, -0.15) is 0 Å². The summed E-state index contributed by atoms with van der Waals surface area (Å²) in [5.74, 6) is -0.926. The predicted octanol–water partition coefficient (Wildman–Crippen LogP) is 0.589. The van der Waals surface area contributed by atoms with Gasteiger partial charge in [0.25, 0.3) is 0 Å². The van der Waals surface area contributed by atoms with Crippen molar-refractivity contribution < 1.29 is 14.3 Å². The molecule has 0 aromatic rings. The third-order valence-corrected chi connectivity index (χ3v) is 2.04. The molecule has 1 aliphatic rings. The summed E-state index contributed by atoms with van der Waals surface area (Å²) in [4.78, 5) is 22.5. The van der Waals surface area contributed by atoms with Crippen LogP contribution in [0.25, 0.3) is 0 Å². The molecule has 1 N–H and O–H groups in total. The minimum atomic E-state index is -0.397. The number of hydrogen-bond donors (Lipinski definition) is 1. The Morgan fingerprint density at radius 1 is 1.62 bits per heavy atom. The van der Waals surface area contributed by atoms with E-state index in [0.29, 0.717) is 17.9 Å². The Morgan fingerprint density at radius 3 is 2.62 bits per heavy atom. The number of carbonyl (C=O) groups excluding carboxylic acids is 2. The molecule has 1 amide bonds. The first kappa shape index (κ1) is 9.77. The van der Waals surface area contributed by atoms with Crippen LogP contribution in [0, 0.1) is 5.92 Å². The average Bonchev–Trinajstić information content (AvgIpc) is 2.27. The molecule has 72 valence electrons. The molecule has 4 heteroatoms. The fourth-order valence-corrected chi connectivity index (χ4v) is 1.35. The summed E-state index contributed by atoms with van der Waals surface area (Å²) in [5.41, 5.74) is 1.06. The van der Waals surface area contributed by atoms with Gasteiger partial charge in [0, 0.05) is 5.70 Å². The van der Waals surface area contributed by atoms with Gasteiger partial charge in [0.05, 0.1) is 18.1 Å². The van der Waals surface area contributed by atoms with E-state index in [0.717, 1.165) is 0 Å². The summed E-state index contributed by atoms with van der Waals surface area (Å²) in [7, 11) is 0. The molecule has 0 fully saturated rings. The number of esters is 1. The quantitative estimate of drug-likeness (QED) is 0.637. The number of rotatable bonds is 2. The Kier molecular flexibility index (Phi) is 2.70. The molecule has 13 heavy (non-hydrogen) atoms. The van der Waals surface area contributed by atoms with Gasteiger partial charge in [-0.1, -0.05) is 0 Å². The molecular weight excluding hydrogens is 170 g/mol. The molecule has 0 saturated carbocycles. The number of allylic oxidation sites excluding steroid dienone is 1. The predicted molar refractivity (Wildman–Crippen MR) is 46.6 cm³/mol. The summed E-state index contributed by atoms with van der Waals surface area (Å²) in [6, 6.07) is 0. The van der Waals surface area contributed by atoms with Crippen molar-refractivity contribution in [3.8, 4) is 0 Å². The van der Waals surface area contributed by atoms with Gasteiger partial charge < -0.3 is 10.1 Å². The third-order valence-electron chi connectivity index (χ3n) is 2.04. The van der Waals surface area contributed by atoms with E-state index in [1.807, 2.05) is 0 Å². The van der Waals surface area contributed by atoms with Crippen LogP contribution in [0.4, 0.5) is 0 Å². The highest BCUT2D eigenvalue weighted by Crippen LogP contribution is 2.22. The minimum absolute atomic E-state index is 0.138. The maximum atomic E-state index is 11.3. The van der Waals surface area contributed by atoms with Gasteiger partial charge in [-0.3, -0.25) is 4.79 Å². The second-order valence-corrected chi connectivity index (χ2v) is 2.97. The molecule has 0 aromatic carbocycles. The van der Waals surface area contributed by atoms with Gasteiger partial charge in [0.1, 0.15) is 0 Å². The highest BCUT2D eigenvalue weighted by atomic mass is 16.5. The highest BCUT2D eigenvalue weighted by molar-refractivity contribution is 6.01. The van der Waals surface area contributed by atoms with E-state index < -0.39 is 5.97 Å². The summed E-state index contributed by atoms with van der Waals surface area (Å²) in [5, 5.41) is 2.60. The Balaban J connectivity index is 2.84. The fourth-order valence-electron chi connectivity index (χ4n) is 1.35. The SMILES string of the molecule is CCOC(=O)C1=C(C)NC(=O)C1C. The number of amides is 1. The van der Waals surface area contributed by atoms with Crippen LogP contribution < -0.4 is 5.32 Å². The summed E-state index contributed by atoms with van der Waals surface area (Å²) in [6.07, 6.45) is 0. The van der Waals surface area contributed by atoms with Gasteiger partial charge >= 0.3 is 5.97 Å². The smallest absolute Gasteiger partial charge is 0.336 e. The molecule has 4 nitrogen and oxygen atoms in total. The van der Waals surface area contributed by atoms with Crippen LogP contribution in [0.3, 0.4) is 0 Å². The zero-order valence-electron chi connectivity index (χ0n) is 8.01. The molecule has 0 bridgehead atoms. The van der Waals surface area contributed by atoms with Gasteiger partial charge in [0.15, 0.2) is 0 Å². The first-order valence-electron chi connectivity index (χ1n) is 4.26. The second kappa shape index (κ2) is 3.60. The molecule has 0 aliphatic carbocycles. The Morgan fingerprint density at radius 2 is 2.23 bits per heavy atom. The normalized spacial score (nSPS) is 21.8. The first-order chi connectivity index (χ1) is 6.07. The first-order valence-corrected chi connectivity index (χ1v) is 4.26. The average molecular weight is 183 g/mol. The van der Waals surface area contributed by atoms with E-state index in [1.54, 1.807) is 20.8 Å². The van der Waals surface area contributed by atoms with Crippen LogP contribution in [-0.2, 0) is 14.3 Å². The van der Waals surface area contributed by atoms with Crippen LogP contribution in [0.5, 0.6) is 0 Å². The lowest BCUT2D eigenvalue weighted by Gasteiger charge is -2.05. The van der Waals surface area contributed by atoms with E-state index in [-0.39, 0.29) is 11.8 Å². The monoisotopic (exact) mass is 183 g/mol. The van der Waals surface area contributed by atoms with Crippen LogP contribution in [-0.4, -0.2) is 18.5 Å². The Labute approximate surface area is 76.9 Å². The van der Waals surface area contributed by atoms with Gasteiger partial charge in [0.2, 0.25) is 5.91 Å². The number of carbonyl (C=O) groups is 2. The van der Waals surface area contributed by atoms with Crippen LogP contribution in [0.2, 0.25) is 0 Å². The van der Waals surface area contributed by atoms with E-state index >= 15 is 0 Å². The van der Waals surface area contributed by atoms with Crippen molar-refractivity contribution in [1.82, 2.24) is 5.32 Å². The zero-order valence-corrected chi connectivity index (χ0v) is 8.01. The van der Waals surface area contributed by atoms with Gasteiger partial charge in [-0.25, -0.2) is 4.79 Å². The number of hydrogen-bond acceptors (Lipinski definition) is 3. The maximum Gasteiger partial charge on any atom is 0.336 e. The Bertz CT molecular complexity index is 281. The lowest BCUT2D eigenvalue weighted by atomic mass is 10.0. The largest absolute Gasteiger partial charge is 0.463 e. The van der Waals surface area contributed by atoms with Crippen molar-refractivity contribution in [2.24, 2.45) is 5.92 Å². The van der Waals surface area contributed by atoms with E-state index in [2.05, 4.69) is 5.32 Å². The molecule has 1 rings (SSSR count). The summed E-state index contributed by atoms with van der Waals surface area (Å²) < 4.78 is 4.83. The lowest BCUT2D eigenvalue weighted by Crippen LogP contribution is -2.20. The molecular formula is C9H13NO3. The topological polar surface area (TPSA) is 55.4 Å². The fraction of sp³-hybridized carbons (Fsp3) is 0.556. The Hall–Kier alpha value is -1.32. The summed E-state index contributed by atoms with van der Waals surface area (Å²) >= 11 is 0. The van der Waals surface area contributed by atoms with Gasteiger partial charge in [-0.05, 0) is 20.8 Å². The van der Waals surface area contributed by atoms with Crippen LogP contribution in [0.1, 0.15) is 20.8 Å². The van der Waals surface area contributed by atoms with Crippen molar-refractivity contribution in [2.75, 3.05) is 6.61 Å². The van der Waals surface area contributed by atoms with Crippen molar-refractivity contribution in [1.29, 1.82) is 0 Å². The van der Waals surface area contributed by atoms with Crippen molar-refractivity contribution in [2.45, 2.75) is 20.8 Å². The third kappa shape index (κ3) is 1.71. The molecule has 0 saturated heterocycles. The molecule has 1 heterocycles. The summed E-state index contributed by atoms with van der Waals surface area (Å²) in [6.45, 7) is 5.46. The molecule has 1 unspecified atom stereocenters. The lowest BCUT2D eigenvalue weighted by molar-refractivity contribution is -0.139. The van der Waals surface area contributed by atoms with Crippen LogP contribution in [0.15, 0.2) is 11.3 Å². The standard InChI is InChI=1S/C9H13NO3/c1-4-13-9(12)7-5(2)8(11)10-6(7)3/h5H,4H2,1-3H3,(H,10,11). The molecule has 1 aliphatic heterocycles. The van der Waals surface area contributed by atoms with Crippen molar-refractivity contribution in [3.05, 3.63) is 11.3 Å².